The molecule has 2 amide bonds. The molecule has 5 heteroatoms. The van der Waals surface area contributed by atoms with Gasteiger partial charge in [0.05, 0.1) is 19.6 Å². The summed E-state index contributed by atoms with van der Waals surface area (Å²) in [5.41, 5.74) is 0.891. The standard InChI is InChI=1S/C17H26N2O3/c1-6-12(2)19(4)17(21)11-16(18-13(3)20)14-7-9-15(22-5)10-8-14/h7-10,12,16H,6,11H2,1-5H3,(H,18,20). The highest BCUT2D eigenvalue weighted by Crippen LogP contribution is 2.21. The molecule has 0 saturated heterocycles. The van der Waals surface area contributed by atoms with E-state index in [1.807, 2.05) is 38.1 Å². The van der Waals surface area contributed by atoms with Crippen LogP contribution in [0.1, 0.15) is 45.2 Å². The number of hydrogen-bond acceptors (Lipinski definition) is 3. The number of hydrogen-bond donors (Lipinski definition) is 1. The van der Waals surface area contributed by atoms with Crippen LogP contribution in [0.25, 0.3) is 0 Å². The van der Waals surface area contributed by atoms with Gasteiger partial charge in [-0.1, -0.05) is 19.1 Å². The van der Waals surface area contributed by atoms with Crippen LogP contribution in [0.3, 0.4) is 0 Å². The number of nitrogens with one attached hydrogen (secondary N) is 1. The topological polar surface area (TPSA) is 58.6 Å². The van der Waals surface area contributed by atoms with E-state index in [0.29, 0.717) is 0 Å². The van der Waals surface area contributed by atoms with Gasteiger partial charge in [-0.25, -0.2) is 0 Å². The highest BCUT2D eigenvalue weighted by atomic mass is 16.5. The van der Waals surface area contributed by atoms with Gasteiger partial charge in [0.25, 0.3) is 0 Å². The third-order valence-corrected chi connectivity index (χ3v) is 3.92. The molecule has 0 saturated carbocycles. The Balaban J connectivity index is 2.88. The first kappa shape index (κ1) is 18.0. The van der Waals surface area contributed by atoms with E-state index in [0.717, 1.165) is 17.7 Å². The van der Waals surface area contributed by atoms with Crippen LogP contribution in [-0.2, 0) is 9.59 Å². The van der Waals surface area contributed by atoms with Crippen molar-refractivity contribution in [3.05, 3.63) is 29.8 Å². The van der Waals surface area contributed by atoms with Gasteiger partial charge in [-0.2, -0.15) is 0 Å². The van der Waals surface area contributed by atoms with E-state index in [2.05, 4.69) is 5.32 Å². The molecule has 0 aliphatic carbocycles. The molecule has 1 aromatic rings. The molecule has 0 aliphatic rings. The Labute approximate surface area is 132 Å². The molecule has 5 nitrogen and oxygen atoms in total. The van der Waals surface area contributed by atoms with Crippen molar-refractivity contribution < 1.29 is 14.3 Å². The largest absolute Gasteiger partial charge is 0.497 e. The SMILES string of the molecule is CCC(C)N(C)C(=O)CC(NC(C)=O)c1ccc(OC)cc1. The van der Waals surface area contributed by atoms with Crippen LogP contribution in [0, 0.1) is 0 Å². The van der Waals surface area contributed by atoms with Crippen LogP contribution in [0.15, 0.2) is 24.3 Å². The lowest BCUT2D eigenvalue weighted by atomic mass is 10.0. The van der Waals surface area contributed by atoms with E-state index in [1.54, 1.807) is 19.1 Å². The minimum atomic E-state index is -0.331. The Morgan fingerprint density at radius 2 is 1.86 bits per heavy atom. The quantitative estimate of drug-likeness (QED) is 0.842. The van der Waals surface area contributed by atoms with Gasteiger partial charge < -0.3 is 15.0 Å². The summed E-state index contributed by atoms with van der Waals surface area (Å²) in [6, 6.07) is 7.25. The van der Waals surface area contributed by atoms with Crippen molar-refractivity contribution in [2.75, 3.05) is 14.2 Å². The number of benzene rings is 1. The number of rotatable bonds is 7. The lowest BCUT2D eigenvalue weighted by Crippen LogP contribution is -2.38. The molecule has 0 fully saturated rings. The minimum Gasteiger partial charge on any atom is -0.497 e. The summed E-state index contributed by atoms with van der Waals surface area (Å²) in [7, 11) is 3.40. The van der Waals surface area contributed by atoms with E-state index < -0.39 is 0 Å². The molecule has 0 spiro atoms. The molecule has 0 radical (unpaired) electrons. The Bertz CT molecular complexity index is 499. The zero-order chi connectivity index (χ0) is 16.7. The van der Waals surface area contributed by atoms with Gasteiger partial charge in [-0.15, -0.1) is 0 Å². The second kappa shape index (κ2) is 8.41. The van der Waals surface area contributed by atoms with E-state index in [-0.39, 0.29) is 30.3 Å². The molecule has 2 atom stereocenters. The lowest BCUT2D eigenvalue weighted by molar-refractivity contribution is -0.132. The maximum atomic E-state index is 12.4. The smallest absolute Gasteiger partial charge is 0.224 e. The Hall–Kier alpha value is -2.04. The fourth-order valence-electron chi connectivity index (χ4n) is 2.17. The maximum Gasteiger partial charge on any atom is 0.224 e. The summed E-state index contributed by atoms with van der Waals surface area (Å²) < 4.78 is 5.13. The van der Waals surface area contributed by atoms with Crippen LogP contribution < -0.4 is 10.1 Å². The van der Waals surface area contributed by atoms with Crippen molar-refractivity contribution in [1.29, 1.82) is 0 Å². The van der Waals surface area contributed by atoms with Crippen molar-refractivity contribution in [2.24, 2.45) is 0 Å². The third-order valence-electron chi connectivity index (χ3n) is 3.92. The third kappa shape index (κ3) is 5.06. The van der Waals surface area contributed by atoms with Gasteiger partial charge in [-0.3, -0.25) is 9.59 Å². The van der Waals surface area contributed by atoms with E-state index in [4.69, 9.17) is 4.74 Å². The Morgan fingerprint density at radius 3 is 2.32 bits per heavy atom. The van der Waals surface area contributed by atoms with Gasteiger partial charge in [0, 0.05) is 20.0 Å². The van der Waals surface area contributed by atoms with Crippen LogP contribution in [0.5, 0.6) is 5.75 Å². The fourth-order valence-corrected chi connectivity index (χ4v) is 2.17. The van der Waals surface area contributed by atoms with Crippen molar-refractivity contribution in [3.8, 4) is 5.75 Å². The molecule has 0 bridgehead atoms. The second-order valence-corrected chi connectivity index (χ2v) is 5.49. The van der Waals surface area contributed by atoms with Crippen LogP contribution in [-0.4, -0.2) is 36.9 Å². The van der Waals surface area contributed by atoms with Gasteiger partial charge in [-0.05, 0) is 31.0 Å². The molecule has 22 heavy (non-hydrogen) atoms. The maximum absolute atomic E-state index is 12.4. The van der Waals surface area contributed by atoms with Crippen molar-refractivity contribution in [1.82, 2.24) is 10.2 Å². The monoisotopic (exact) mass is 306 g/mol. The first-order valence-corrected chi connectivity index (χ1v) is 7.55. The average Bonchev–Trinajstić information content (AvgIpc) is 2.52. The molecular weight excluding hydrogens is 280 g/mol. The first-order chi connectivity index (χ1) is 10.4. The Kier molecular flexibility index (Phi) is 6.89. The van der Waals surface area contributed by atoms with Gasteiger partial charge >= 0.3 is 0 Å². The Morgan fingerprint density at radius 1 is 1.27 bits per heavy atom. The number of amides is 2. The van der Waals surface area contributed by atoms with E-state index in [1.165, 1.54) is 6.92 Å². The lowest BCUT2D eigenvalue weighted by Gasteiger charge is -2.26. The molecule has 2 unspecified atom stereocenters. The zero-order valence-corrected chi connectivity index (χ0v) is 14.1. The highest BCUT2D eigenvalue weighted by Gasteiger charge is 2.21. The molecule has 0 aromatic heterocycles. The van der Waals surface area contributed by atoms with Crippen molar-refractivity contribution in [3.63, 3.8) is 0 Å². The van der Waals surface area contributed by atoms with Crippen LogP contribution in [0.2, 0.25) is 0 Å². The summed E-state index contributed by atoms with van der Waals surface area (Å²) in [5, 5.41) is 2.85. The number of ether oxygens (including phenoxy) is 1. The van der Waals surface area contributed by atoms with Crippen molar-refractivity contribution >= 4 is 11.8 Å². The van der Waals surface area contributed by atoms with Crippen LogP contribution in [0.4, 0.5) is 0 Å². The summed E-state index contributed by atoms with van der Waals surface area (Å²) in [4.78, 5) is 25.5. The zero-order valence-electron chi connectivity index (χ0n) is 14.1. The predicted octanol–water partition coefficient (Wildman–Crippen LogP) is 2.52. The molecule has 1 N–H and O–H groups in total. The summed E-state index contributed by atoms with van der Waals surface area (Å²) >= 11 is 0. The molecule has 1 rings (SSSR count). The highest BCUT2D eigenvalue weighted by molar-refractivity contribution is 5.79. The average molecular weight is 306 g/mol. The number of methoxy groups -OCH3 is 1. The molecule has 122 valence electrons. The van der Waals surface area contributed by atoms with Crippen molar-refractivity contribution in [2.45, 2.75) is 45.7 Å². The number of carbonyl (C=O) groups is 2. The first-order valence-electron chi connectivity index (χ1n) is 7.55. The normalized spacial score (nSPS) is 13.1. The van der Waals surface area contributed by atoms with Gasteiger partial charge in [0.15, 0.2) is 0 Å². The van der Waals surface area contributed by atoms with E-state index in [9.17, 15) is 9.59 Å². The van der Waals surface area contributed by atoms with Gasteiger partial charge in [0.1, 0.15) is 5.75 Å². The van der Waals surface area contributed by atoms with Gasteiger partial charge in [0.2, 0.25) is 11.8 Å². The molecule has 0 aliphatic heterocycles. The fraction of sp³-hybridized carbons (Fsp3) is 0.529. The second-order valence-electron chi connectivity index (χ2n) is 5.49. The predicted molar refractivity (Wildman–Crippen MR) is 86.7 cm³/mol. The number of carbonyl (C=O) groups excluding carboxylic acids is 2. The van der Waals surface area contributed by atoms with E-state index >= 15 is 0 Å². The molecule has 0 heterocycles. The summed E-state index contributed by atoms with van der Waals surface area (Å²) in [5.74, 6) is 0.608. The minimum absolute atomic E-state index is 0.0175. The van der Waals surface area contributed by atoms with Crippen LogP contribution >= 0.6 is 0 Å². The summed E-state index contributed by atoms with van der Waals surface area (Å²) in [6.07, 6.45) is 1.14. The summed E-state index contributed by atoms with van der Waals surface area (Å²) in [6.45, 7) is 5.52. The molecule has 1 aromatic carbocycles. The molecular formula is C17H26N2O3. The number of nitrogens with zero attached hydrogens (tertiary/aromatic N) is 1.